The van der Waals surface area contributed by atoms with E-state index in [0.717, 1.165) is 139 Å². The maximum Gasteiger partial charge on any atom is 0.227 e. The van der Waals surface area contributed by atoms with E-state index in [1.807, 2.05) is 60.9 Å². The second-order valence-electron chi connectivity index (χ2n) is 35.0. The lowest BCUT2D eigenvalue weighted by Crippen LogP contribution is -2.42. The number of rotatable bonds is 8. The minimum atomic E-state index is 0.0928. The van der Waals surface area contributed by atoms with E-state index in [1.54, 1.807) is 31.0 Å². The third-order valence-corrected chi connectivity index (χ3v) is 27.0. The van der Waals surface area contributed by atoms with Gasteiger partial charge in [0, 0.05) is 141 Å². The van der Waals surface area contributed by atoms with Crippen molar-refractivity contribution in [3.05, 3.63) is 338 Å². The highest BCUT2D eigenvalue weighted by Gasteiger charge is 2.42. The lowest BCUT2D eigenvalue weighted by atomic mass is 10.1. The zero-order valence-corrected chi connectivity index (χ0v) is 76.6. The molecule has 22 nitrogen and oxygen atoms in total. The number of hydrogen-bond donors (Lipinski definition) is 0. The molecule has 0 unspecified atom stereocenters. The highest BCUT2D eigenvalue weighted by Crippen LogP contribution is 2.55. The Kier molecular flexibility index (Phi) is 20.5. The zero-order chi connectivity index (χ0) is 90.9. The Bertz CT molecular complexity index is 7920. The molecule has 12 aromatic heterocycles. The molecule has 0 saturated carbocycles. The molecule has 5 aliphatic rings. The summed E-state index contributed by atoms with van der Waals surface area (Å²) in [6.45, 7) is 26.2. The molecule has 26 rings (SSSR count). The van der Waals surface area contributed by atoms with E-state index in [-0.39, 0.29) is 30.8 Å². The molecule has 0 fully saturated rings. The molecular weight excluding hydrogens is 1650 g/mol. The number of aryl methyl sites for hydroxylation is 5. The topological polar surface area (TPSA) is 188 Å². The molecule has 658 valence electrons. The van der Waals surface area contributed by atoms with E-state index in [9.17, 15) is 0 Å². The fourth-order valence-electron chi connectivity index (χ4n) is 20.5. The van der Waals surface area contributed by atoms with Crippen LogP contribution < -0.4 is 49.0 Å². The molecule has 17 heterocycles. The van der Waals surface area contributed by atoms with Crippen LogP contribution in [0.25, 0.3) is 110 Å². The Morgan fingerprint density at radius 2 is 0.549 bits per heavy atom. The Balaban J connectivity index is 0.0000000971. The molecule has 0 bridgehead atoms. The largest absolute Gasteiger partial charge is 0.435 e. The minimum Gasteiger partial charge on any atom is -0.435 e. The Morgan fingerprint density at radius 3 is 0.977 bits per heavy atom. The van der Waals surface area contributed by atoms with Crippen LogP contribution in [0.4, 0.5) is 85.6 Å². The van der Waals surface area contributed by atoms with Crippen molar-refractivity contribution in [1.82, 2.24) is 34.9 Å². The summed E-state index contributed by atoms with van der Waals surface area (Å²) < 4.78 is 31.1. The van der Waals surface area contributed by atoms with Crippen molar-refractivity contribution >= 4 is 196 Å². The Hall–Kier alpha value is -16.2. The molecular formula is C111H99N17O5. The average molecular weight is 1750 g/mol. The summed E-state index contributed by atoms with van der Waals surface area (Å²) in [5, 5.41) is 10.8. The summed E-state index contributed by atoms with van der Waals surface area (Å²) in [6, 6.07) is 88.3. The van der Waals surface area contributed by atoms with Crippen molar-refractivity contribution in [1.29, 1.82) is 0 Å². The van der Waals surface area contributed by atoms with E-state index < -0.39 is 0 Å². The van der Waals surface area contributed by atoms with Gasteiger partial charge in [0.2, 0.25) is 28.6 Å². The monoisotopic (exact) mass is 1750 g/mol. The maximum atomic E-state index is 6.31. The normalized spacial score (nSPS) is 16.6. The Morgan fingerprint density at radius 1 is 0.241 bits per heavy atom. The minimum absolute atomic E-state index is 0.0928. The van der Waals surface area contributed by atoms with Gasteiger partial charge in [-0.1, -0.05) is 121 Å². The summed E-state index contributed by atoms with van der Waals surface area (Å²) in [7, 11) is 4.17. The van der Waals surface area contributed by atoms with Crippen LogP contribution in [-0.2, 0) is 0 Å². The average Bonchev–Trinajstić information content (AvgIpc) is 1.59. The second-order valence-corrected chi connectivity index (χ2v) is 35.0. The van der Waals surface area contributed by atoms with Crippen LogP contribution in [0.5, 0.6) is 0 Å². The molecule has 0 spiro atoms. The molecule has 21 aromatic rings. The number of pyridine rings is 7. The first-order valence-electron chi connectivity index (χ1n) is 45.4. The third kappa shape index (κ3) is 13.5. The molecule has 0 radical (unpaired) electrons. The van der Waals surface area contributed by atoms with Gasteiger partial charge in [0.15, 0.2) is 39.6 Å². The Labute approximate surface area is 769 Å². The van der Waals surface area contributed by atoms with Crippen molar-refractivity contribution in [3.8, 4) is 0 Å². The summed E-state index contributed by atoms with van der Waals surface area (Å²) in [6.07, 6.45) is 17.5. The van der Waals surface area contributed by atoms with Gasteiger partial charge in [-0.3, -0.25) is 0 Å². The van der Waals surface area contributed by atoms with E-state index in [2.05, 4.69) is 400 Å². The van der Waals surface area contributed by atoms with Gasteiger partial charge >= 0.3 is 0 Å². The number of fused-ring (bicyclic) bond motifs is 19. The van der Waals surface area contributed by atoms with E-state index in [4.69, 9.17) is 22.1 Å². The molecule has 9 aromatic carbocycles. The van der Waals surface area contributed by atoms with Gasteiger partial charge in [-0.15, -0.1) is 0 Å². The van der Waals surface area contributed by atoms with E-state index in [0.29, 0.717) is 34.6 Å². The van der Waals surface area contributed by atoms with Crippen LogP contribution in [0, 0.1) is 34.6 Å². The second kappa shape index (κ2) is 33.1. The van der Waals surface area contributed by atoms with Crippen LogP contribution in [0.1, 0.15) is 76.3 Å². The van der Waals surface area contributed by atoms with Crippen molar-refractivity contribution in [3.63, 3.8) is 0 Å². The lowest BCUT2D eigenvalue weighted by Gasteiger charge is -2.33. The first-order chi connectivity index (χ1) is 64.9. The first kappa shape index (κ1) is 82.5. The van der Waals surface area contributed by atoms with Crippen LogP contribution in [0.15, 0.2) is 333 Å². The number of nitrogens with zero attached hydrogens (tertiary/aromatic N) is 17. The lowest BCUT2D eigenvalue weighted by molar-refractivity contribution is 0.602. The van der Waals surface area contributed by atoms with Crippen LogP contribution >= 0.6 is 0 Å². The maximum absolute atomic E-state index is 6.31. The third-order valence-electron chi connectivity index (χ3n) is 27.0. The molecule has 5 aliphatic heterocycles. The highest BCUT2D eigenvalue weighted by molar-refractivity contribution is 6.15. The van der Waals surface area contributed by atoms with Gasteiger partial charge in [0.1, 0.15) is 30.8 Å². The predicted octanol–water partition coefficient (Wildman–Crippen LogP) is 27.6. The van der Waals surface area contributed by atoms with Gasteiger partial charge in [0.25, 0.3) is 0 Å². The van der Waals surface area contributed by atoms with Crippen LogP contribution in [-0.4, -0.2) is 85.9 Å². The van der Waals surface area contributed by atoms with Gasteiger partial charge in [-0.05, 0) is 244 Å². The summed E-state index contributed by atoms with van der Waals surface area (Å²) in [4.78, 5) is 54.4. The highest BCUT2D eigenvalue weighted by atomic mass is 16.4. The zero-order valence-electron chi connectivity index (χ0n) is 76.6. The number of hydrogen-bond acceptors (Lipinski definition) is 22. The van der Waals surface area contributed by atoms with Crippen molar-refractivity contribution in [2.75, 3.05) is 63.1 Å². The van der Waals surface area contributed by atoms with Crippen molar-refractivity contribution in [2.24, 2.45) is 0 Å². The number of anilines is 15. The first-order valence-corrected chi connectivity index (χ1v) is 45.4. The van der Waals surface area contributed by atoms with E-state index in [1.165, 1.54) is 56.4 Å². The number of benzene rings is 9. The number of para-hydroxylation sites is 6. The van der Waals surface area contributed by atoms with Crippen molar-refractivity contribution in [2.45, 2.75) is 120 Å². The molecule has 5 atom stereocenters. The molecule has 22 heteroatoms. The molecule has 0 amide bonds. The molecule has 133 heavy (non-hydrogen) atoms. The summed E-state index contributed by atoms with van der Waals surface area (Å²) >= 11 is 0. The van der Waals surface area contributed by atoms with Gasteiger partial charge < -0.3 is 71.1 Å². The molecule has 0 saturated heterocycles. The quantitative estimate of drug-likeness (QED) is 0.140. The number of furan rings is 5. The SMILES string of the molecule is Cc1ccc2c(oc3ncccc32)c1N1C=CN(c2ccccc2)[C@@H]1C.Cc1ccc2c(oc3ncccc32)c1N1c2ccccc2N(C(C)C)[C@@H]1C.Cc1ccc2c(oc3ncccc32)c1N1c2ccccc2N(c2ccccc2)[C@@H]1C.Cc1ccc2c(oc3ncccc32)c1N1c2cccnc2N(C)[C@@H]1C.Cc1ccc2c(oc3ncccc32)c1N1c2ncccc2N(C)[C@@H]1C. The van der Waals surface area contributed by atoms with Crippen molar-refractivity contribution < 1.29 is 22.1 Å². The van der Waals surface area contributed by atoms with Gasteiger partial charge in [-0.25, -0.2) is 34.9 Å². The fourth-order valence-corrected chi connectivity index (χ4v) is 20.5. The number of aromatic nitrogens is 7. The van der Waals surface area contributed by atoms with Crippen LogP contribution in [0.3, 0.4) is 0 Å². The summed E-state index contributed by atoms with van der Waals surface area (Å²) in [5.74, 6) is 1.95. The standard InChI is InChI=1S/C26H21N3O.C23H23N3O.C22H19N3O.2C20H18N4O/c1-17-14-15-20-21-11-8-16-27-26(21)30-25(20)24(17)29-18(2)28(19-9-4-3-5-10-19)22-12-6-7-13-23(22)29;1-14(2)25-16(4)26(20-10-6-5-9-19(20)25)21-15(3)11-12-17-18-8-7-13-24-23(18)27-22(17)21;1-15-10-11-18-19-9-6-12-23-22(19)26-21(18)20(15)25-14-13-24(16(25)2)17-7-4-3-5-8-17;1-12-8-9-14-15-6-4-11-22-20(15)25-18(14)17(12)24-13(2)23(3)19-16(24)7-5-10-21-19;1-12-8-9-14-15-6-4-11-22-20(15)25-18(14)17(12)24-13(2)23(3)16-7-5-10-21-19(16)24/h3-16,18H,1-2H3;5-14,16H,1-4H3;3-14,16H,1-2H3;2*4-11,13H,1-3H3/t18-;2*16-;2*13-/m00000/s1. The predicted molar refractivity (Wildman–Crippen MR) is 542 cm³/mol. The smallest absolute Gasteiger partial charge is 0.227 e. The molecule has 0 aliphatic carbocycles. The molecule has 0 N–H and O–H groups in total. The van der Waals surface area contributed by atoms with E-state index >= 15 is 0 Å². The van der Waals surface area contributed by atoms with Crippen LogP contribution in [0.2, 0.25) is 0 Å². The summed E-state index contributed by atoms with van der Waals surface area (Å²) in [5.41, 5.74) is 28.7. The van der Waals surface area contributed by atoms with Gasteiger partial charge in [-0.2, -0.15) is 0 Å². The fraction of sp³-hybridized carbons (Fsp3) is 0.180. The van der Waals surface area contributed by atoms with Gasteiger partial charge in [0.05, 0.1) is 62.6 Å².